The molecule has 4 unspecified atom stereocenters. The first kappa shape index (κ1) is 130. The second-order valence-electron chi connectivity index (χ2n) is 36.1. The number of hydrazine groups is 1. The molecule has 4 atom stereocenters. The first-order valence-electron chi connectivity index (χ1n) is 50.9. The summed E-state index contributed by atoms with van der Waals surface area (Å²) in [7, 11) is 4.22. The van der Waals surface area contributed by atoms with Gasteiger partial charge in [-0.05, 0) is 252 Å². The molecule has 0 aromatic heterocycles. The van der Waals surface area contributed by atoms with Crippen molar-refractivity contribution in [1.82, 2.24) is 39.8 Å². The summed E-state index contributed by atoms with van der Waals surface area (Å²) in [5.74, 6) is -0.508. The molecule has 7 fully saturated rings. The highest BCUT2D eigenvalue weighted by Gasteiger charge is 2.47. The fourth-order valence-electron chi connectivity index (χ4n) is 16.7. The van der Waals surface area contributed by atoms with E-state index in [0.717, 1.165) is 110 Å². The normalized spacial score (nSPS) is 19.1. The molecule has 0 saturated carbocycles. The number of halogens is 6. The molecular weight excluding hydrogens is 1770 g/mol. The van der Waals surface area contributed by atoms with Crippen LogP contribution in [0.15, 0.2) is 164 Å². The van der Waals surface area contributed by atoms with E-state index in [9.17, 15) is 37.1 Å². The molecule has 1 N–H and O–H groups in total. The summed E-state index contributed by atoms with van der Waals surface area (Å²) in [6.45, 7) is 74.5. The van der Waals surface area contributed by atoms with Gasteiger partial charge in [-0.25, -0.2) is 28.2 Å². The van der Waals surface area contributed by atoms with Crippen LogP contribution in [0.3, 0.4) is 0 Å². The summed E-state index contributed by atoms with van der Waals surface area (Å²) in [4.78, 5) is 74.9. The van der Waals surface area contributed by atoms with Crippen LogP contribution in [0.2, 0.25) is 15.1 Å². The molecule has 6 aromatic rings. The average molecular weight is 1960 g/mol. The monoisotopic (exact) mass is 1950 g/mol. The average Bonchev–Trinajstić information content (AvgIpc) is 1.66. The second-order valence-corrected chi connectivity index (χ2v) is 37.4. The lowest BCUT2D eigenvalue weighted by Gasteiger charge is -2.42. The summed E-state index contributed by atoms with van der Waals surface area (Å²) < 4.78 is 59.0. The zero-order valence-electron chi connectivity index (χ0n) is 90.6. The van der Waals surface area contributed by atoms with Gasteiger partial charge in [-0.2, -0.15) is 0 Å². The lowest BCUT2D eigenvalue weighted by Crippen LogP contribution is -2.58. The maximum atomic E-state index is 13.9. The van der Waals surface area contributed by atoms with Crippen LogP contribution in [0.4, 0.5) is 22.8 Å². The number of nitrogens with zero attached hydrogens (tertiary/aromatic N) is 7. The van der Waals surface area contributed by atoms with Gasteiger partial charge in [-0.1, -0.05) is 282 Å². The molecule has 22 heteroatoms. The molecule has 7 saturated heterocycles. The number of rotatable bonds is 13. The van der Waals surface area contributed by atoms with Gasteiger partial charge in [0, 0.05) is 136 Å². The van der Waals surface area contributed by atoms with E-state index in [1.165, 1.54) is 71.3 Å². The third-order valence-corrected chi connectivity index (χ3v) is 23.7. The van der Waals surface area contributed by atoms with Crippen molar-refractivity contribution in [3.05, 3.63) is 230 Å². The SMILES string of the molecule is CC.CC.CC.CC.CC.CC.CC.CC.CC.CC.CC1(C)CC(Cc2ccccc2)CN1C(=O)/C=C/c1ccc(Cl)cc1F.CC1(C)CC(c2ccccc2)CN1C(=O)/C=C/c1ccc(Cl)cc1F.CC1(C)CCCNN1C(=O)/C=C/c1ccc(Cl)cc1F.CN1CCC(OC(=O)N2CC(OC(C)(C)C)CC2(C)C)CC1.CN1CCC(OC(=O)N2CC(c3ccccc3)CC2(C)C)CC1. The number of amides is 5. The molecule has 136 heavy (non-hydrogen) atoms. The van der Waals surface area contributed by atoms with Gasteiger partial charge in [-0.15, -0.1) is 0 Å². The minimum Gasteiger partial charge on any atom is -0.446 e. The standard InChI is InChI=1S/C22H23ClFNO.C21H21ClFNO.C19H28N2O2.C17H32N2O3.C15H18ClFN2O.10C2H6/c1-22(2)14-17(12-16-6-4-3-5-7-16)15-25(22)21(26)11-9-18-8-10-19(23)13-20(18)24;1-21(2)13-17(15-6-4-3-5-7-15)14-24(21)20(25)11-9-16-8-10-18(22)12-19(16)23;1-19(2)13-16(15-7-5-4-6-8-15)14-21(19)18(22)23-17-9-11-20(3)12-10-17;1-16(2,3)22-14-11-17(4,5)19(12-14)15(20)21-13-7-9-18(6)10-8-13;1-15(2)8-3-9-18-19(15)14(20)7-5-11-4-6-12(16)10-13(11)17;10*1-2/h3-11,13,17H,12,14-15H2,1-2H3;3-12,17H,13-14H2,1-2H3;4-8,16-17H,9-14H2,1-3H3;13-14H,7-12H2,1-6H3;4-7,10,18H,3,8-9H2,1-2H3;10*1-2H3/b2*11-9+;;;7-5+;;;;;;;;;;. The predicted octanol–water partition coefficient (Wildman–Crippen LogP) is 30.7. The van der Waals surface area contributed by atoms with E-state index in [0.29, 0.717) is 69.1 Å². The molecule has 0 radical (unpaired) electrons. The van der Waals surface area contributed by atoms with Crippen LogP contribution >= 0.6 is 34.8 Å². The summed E-state index contributed by atoms with van der Waals surface area (Å²) in [6.07, 6.45) is 19.1. The Morgan fingerprint density at radius 2 is 0.713 bits per heavy atom. The lowest BCUT2D eigenvalue weighted by atomic mass is 9.91. The highest BCUT2D eigenvalue weighted by atomic mass is 35.5. The van der Waals surface area contributed by atoms with Crippen LogP contribution in [0.5, 0.6) is 0 Å². The summed E-state index contributed by atoms with van der Waals surface area (Å²) in [6, 6.07) is 44.4. The Kier molecular flexibility index (Phi) is 65.2. The third kappa shape index (κ3) is 45.1. The van der Waals surface area contributed by atoms with Crippen molar-refractivity contribution in [3.63, 3.8) is 0 Å². The number of carbonyl (C=O) groups is 5. The molecule has 6 aromatic carbocycles. The smallest absolute Gasteiger partial charge is 0.410 e. The van der Waals surface area contributed by atoms with Gasteiger partial charge in [-0.3, -0.25) is 19.4 Å². The van der Waals surface area contributed by atoms with Crippen molar-refractivity contribution in [2.24, 2.45) is 5.92 Å². The Bertz CT molecular complexity index is 4360. The summed E-state index contributed by atoms with van der Waals surface area (Å²) in [5, 5.41) is 2.63. The maximum Gasteiger partial charge on any atom is 0.410 e. The Labute approximate surface area is 840 Å². The number of hydrogen-bond acceptors (Lipinski definition) is 11. The predicted molar refractivity (Wildman–Crippen MR) is 575 cm³/mol. The summed E-state index contributed by atoms with van der Waals surface area (Å²) >= 11 is 17.2. The van der Waals surface area contributed by atoms with Crippen molar-refractivity contribution >= 4 is 82.9 Å². The Hall–Kier alpha value is -8.01. The van der Waals surface area contributed by atoms with Crippen molar-refractivity contribution in [2.45, 2.75) is 363 Å². The highest BCUT2D eigenvalue weighted by Crippen LogP contribution is 2.42. The van der Waals surface area contributed by atoms with Gasteiger partial charge in [0.1, 0.15) is 29.7 Å². The zero-order valence-corrected chi connectivity index (χ0v) is 92.9. The molecule has 5 amide bonds. The van der Waals surface area contributed by atoms with Gasteiger partial charge in [0.25, 0.3) is 5.91 Å². The molecule has 7 heterocycles. The first-order chi connectivity index (χ1) is 64.6. The Morgan fingerprint density at radius 1 is 0.397 bits per heavy atom. The third-order valence-electron chi connectivity index (χ3n) is 23.0. The topological polar surface area (TPSA) is 148 Å². The van der Waals surface area contributed by atoms with Crippen LogP contribution < -0.4 is 5.43 Å². The number of ether oxygens (including phenoxy) is 3. The van der Waals surface area contributed by atoms with E-state index >= 15 is 0 Å². The molecule has 7 aliphatic rings. The molecule has 13 rings (SSSR count). The minimum atomic E-state index is -0.438. The zero-order chi connectivity index (χ0) is 105. The molecule has 16 nitrogen and oxygen atoms in total. The van der Waals surface area contributed by atoms with Crippen molar-refractivity contribution < 1.29 is 51.4 Å². The molecule has 0 spiro atoms. The number of hydrogen-bond donors (Lipinski definition) is 1. The van der Waals surface area contributed by atoms with Crippen LogP contribution in [0, 0.1) is 23.4 Å². The first-order valence-corrected chi connectivity index (χ1v) is 52.0. The largest absolute Gasteiger partial charge is 0.446 e. The van der Waals surface area contributed by atoms with E-state index in [1.807, 2.05) is 214 Å². The molecule has 0 bridgehead atoms. The number of likely N-dealkylation sites (tertiary alicyclic amines) is 6. The van der Waals surface area contributed by atoms with Gasteiger partial charge in [0.05, 0.1) is 23.8 Å². The van der Waals surface area contributed by atoms with Gasteiger partial charge >= 0.3 is 12.2 Å². The van der Waals surface area contributed by atoms with E-state index in [2.05, 4.69) is 154 Å². The molecule has 7 aliphatic heterocycles. The Balaban J connectivity index is 0. The number of piperidine rings is 2. The van der Waals surface area contributed by atoms with E-state index in [4.69, 9.17) is 49.0 Å². The van der Waals surface area contributed by atoms with Crippen LogP contribution in [0.1, 0.15) is 338 Å². The fraction of sp³-hybridized carbons (Fsp3) is 0.588. The minimum absolute atomic E-state index is 0.0575. The van der Waals surface area contributed by atoms with E-state index < -0.39 is 17.5 Å². The van der Waals surface area contributed by atoms with Crippen molar-refractivity contribution in [2.75, 3.05) is 73.0 Å². The van der Waals surface area contributed by atoms with Crippen LogP contribution in [-0.4, -0.2) is 189 Å². The van der Waals surface area contributed by atoms with Gasteiger partial charge < -0.3 is 43.6 Å². The summed E-state index contributed by atoms with van der Waals surface area (Å²) in [5.41, 5.74) is 6.78. The molecule has 0 aliphatic carbocycles. The van der Waals surface area contributed by atoms with Crippen molar-refractivity contribution in [1.29, 1.82) is 0 Å². The Morgan fingerprint density at radius 3 is 1.07 bits per heavy atom. The van der Waals surface area contributed by atoms with Crippen LogP contribution in [0.25, 0.3) is 18.2 Å². The quantitative estimate of drug-likeness (QED) is 0.110. The van der Waals surface area contributed by atoms with Gasteiger partial charge in [0.2, 0.25) is 11.8 Å². The fourth-order valence-corrected chi connectivity index (χ4v) is 17.2. The number of carbonyl (C=O) groups excluding carboxylic acids is 5. The lowest BCUT2D eigenvalue weighted by molar-refractivity contribution is -0.138. The highest BCUT2D eigenvalue weighted by molar-refractivity contribution is 6.31. The second kappa shape index (κ2) is 68.1. The number of benzene rings is 6. The van der Waals surface area contributed by atoms with E-state index in [-0.39, 0.29) is 81.5 Å². The van der Waals surface area contributed by atoms with Gasteiger partial charge in [0.15, 0.2) is 0 Å². The maximum absolute atomic E-state index is 13.9. The number of nitrogens with one attached hydrogen (secondary N) is 1. The molecular formula is C114H182Cl3F3N8O8. The van der Waals surface area contributed by atoms with E-state index in [1.54, 1.807) is 41.4 Å². The van der Waals surface area contributed by atoms with Crippen LogP contribution in [-0.2, 0) is 35.0 Å². The van der Waals surface area contributed by atoms with Crippen molar-refractivity contribution in [3.8, 4) is 0 Å². The molecule has 768 valence electrons.